The Kier molecular flexibility index (Phi) is 5.34. The number of methoxy groups -OCH3 is 1. The fourth-order valence-corrected chi connectivity index (χ4v) is 4.00. The number of thiophene rings is 1. The molecule has 25 heavy (non-hydrogen) atoms. The van der Waals surface area contributed by atoms with Crippen LogP contribution < -0.4 is 4.74 Å². The van der Waals surface area contributed by atoms with E-state index in [-0.39, 0.29) is 18.3 Å². The summed E-state index contributed by atoms with van der Waals surface area (Å²) in [5.74, 6) is -0.934. The molecule has 2 aromatic rings. The SMILES string of the molecule is CCOC(=O)[C@@H]1C(=O)C=C(c2ccccc2OC)C[C@@H]1c1ccsc1. The summed E-state index contributed by atoms with van der Waals surface area (Å²) in [7, 11) is 1.61. The quantitative estimate of drug-likeness (QED) is 0.598. The van der Waals surface area contributed by atoms with Gasteiger partial charge in [0, 0.05) is 11.5 Å². The Hall–Kier alpha value is -2.40. The molecule has 4 nitrogen and oxygen atoms in total. The van der Waals surface area contributed by atoms with Gasteiger partial charge >= 0.3 is 5.97 Å². The van der Waals surface area contributed by atoms with Crippen LogP contribution in [0.4, 0.5) is 0 Å². The number of hydrogen-bond donors (Lipinski definition) is 0. The summed E-state index contributed by atoms with van der Waals surface area (Å²) in [6, 6.07) is 9.59. The topological polar surface area (TPSA) is 52.6 Å². The molecule has 0 radical (unpaired) electrons. The molecular formula is C20H20O4S. The van der Waals surface area contributed by atoms with Crippen LogP contribution in [0.1, 0.15) is 30.4 Å². The molecular weight excluding hydrogens is 336 g/mol. The molecule has 0 saturated heterocycles. The van der Waals surface area contributed by atoms with E-state index >= 15 is 0 Å². The normalized spacial score (nSPS) is 20.1. The van der Waals surface area contributed by atoms with Gasteiger partial charge in [-0.05, 0) is 53.4 Å². The summed E-state index contributed by atoms with van der Waals surface area (Å²) in [5, 5.41) is 3.96. The number of benzene rings is 1. The first-order valence-electron chi connectivity index (χ1n) is 8.22. The lowest BCUT2D eigenvalue weighted by Crippen LogP contribution is -2.33. The number of carbonyl (C=O) groups is 2. The molecule has 1 aromatic carbocycles. The summed E-state index contributed by atoms with van der Waals surface area (Å²) in [6.45, 7) is 2.02. The van der Waals surface area contributed by atoms with Gasteiger partial charge in [-0.3, -0.25) is 9.59 Å². The van der Waals surface area contributed by atoms with Crippen LogP contribution in [0.25, 0.3) is 5.57 Å². The molecule has 0 fully saturated rings. The lowest BCUT2D eigenvalue weighted by atomic mass is 9.74. The summed E-state index contributed by atoms with van der Waals surface area (Å²) in [5.41, 5.74) is 2.77. The van der Waals surface area contributed by atoms with Crippen molar-refractivity contribution in [3.8, 4) is 5.75 Å². The van der Waals surface area contributed by atoms with E-state index in [0.29, 0.717) is 6.42 Å². The van der Waals surface area contributed by atoms with Gasteiger partial charge < -0.3 is 9.47 Å². The van der Waals surface area contributed by atoms with Crippen molar-refractivity contribution in [2.24, 2.45) is 5.92 Å². The standard InChI is InChI=1S/C20H20O4S/c1-3-24-20(22)19-16(13-8-9-25-12-13)10-14(11-17(19)21)15-6-4-5-7-18(15)23-2/h4-9,11-12,16,19H,3,10H2,1-2H3/t16-,19+/m1/s1. The Balaban J connectivity index is 2.02. The van der Waals surface area contributed by atoms with Crippen molar-refractivity contribution >= 4 is 28.7 Å². The van der Waals surface area contributed by atoms with Crippen LogP contribution in [0.2, 0.25) is 0 Å². The first-order chi connectivity index (χ1) is 12.2. The van der Waals surface area contributed by atoms with Crippen LogP contribution >= 0.6 is 11.3 Å². The van der Waals surface area contributed by atoms with Crippen LogP contribution in [0.5, 0.6) is 5.75 Å². The third-order valence-electron chi connectivity index (χ3n) is 4.43. The molecule has 3 rings (SSSR count). The summed E-state index contributed by atoms with van der Waals surface area (Å²) >= 11 is 1.56. The van der Waals surface area contributed by atoms with E-state index < -0.39 is 11.9 Å². The van der Waals surface area contributed by atoms with Crippen molar-refractivity contribution in [2.45, 2.75) is 19.3 Å². The van der Waals surface area contributed by atoms with Crippen molar-refractivity contribution in [2.75, 3.05) is 13.7 Å². The fourth-order valence-electron chi connectivity index (χ4n) is 3.28. The highest BCUT2D eigenvalue weighted by molar-refractivity contribution is 7.08. The zero-order chi connectivity index (χ0) is 17.8. The minimum Gasteiger partial charge on any atom is -0.496 e. The van der Waals surface area contributed by atoms with E-state index in [0.717, 1.165) is 22.4 Å². The summed E-state index contributed by atoms with van der Waals surface area (Å²) < 4.78 is 10.6. The molecule has 1 aliphatic rings. The number of rotatable bonds is 5. The van der Waals surface area contributed by atoms with E-state index in [9.17, 15) is 9.59 Å². The molecule has 130 valence electrons. The molecule has 5 heteroatoms. The number of esters is 1. The van der Waals surface area contributed by atoms with Crippen molar-refractivity contribution in [1.29, 1.82) is 0 Å². The third kappa shape index (κ3) is 3.51. The maximum absolute atomic E-state index is 12.8. The van der Waals surface area contributed by atoms with E-state index in [2.05, 4.69) is 0 Å². The third-order valence-corrected chi connectivity index (χ3v) is 5.13. The van der Waals surface area contributed by atoms with E-state index in [1.807, 2.05) is 41.1 Å². The van der Waals surface area contributed by atoms with Gasteiger partial charge in [0.25, 0.3) is 0 Å². The number of para-hydroxylation sites is 1. The second kappa shape index (κ2) is 7.66. The number of allylic oxidation sites excluding steroid dienone is 2. The van der Waals surface area contributed by atoms with Gasteiger partial charge in [-0.25, -0.2) is 0 Å². The predicted octanol–water partition coefficient (Wildman–Crippen LogP) is 4.08. The Bertz CT molecular complexity index is 792. The Morgan fingerprint density at radius 2 is 2.08 bits per heavy atom. The first kappa shape index (κ1) is 17.4. The Morgan fingerprint density at radius 1 is 1.28 bits per heavy atom. The van der Waals surface area contributed by atoms with E-state index in [4.69, 9.17) is 9.47 Å². The minimum absolute atomic E-state index is 0.207. The van der Waals surface area contributed by atoms with Gasteiger partial charge in [-0.15, -0.1) is 0 Å². The van der Waals surface area contributed by atoms with E-state index in [1.165, 1.54) is 0 Å². The summed E-state index contributed by atoms with van der Waals surface area (Å²) in [6.07, 6.45) is 2.16. The number of carbonyl (C=O) groups excluding carboxylic acids is 2. The maximum atomic E-state index is 12.8. The number of ether oxygens (including phenoxy) is 2. The molecule has 2 atom stereocenters. The van der Waals surface area contributed by atoms with Gasteiger partial charge in [0.1, 0.15) is 11.7 Å². The van der Waals surface area contributed by atoms with Gasteiger partial charge in [-0.2, -0.15) is 11.3 Å². The molecule has 0 unspecified atom stereocenters. The van der Waals surface area contributed by atoms with Crippen LogP contribution in [-0.4, -0.2) is 25.5 Å². The lowest BCUT2D eigenvalue weighted by Gasteiger charge is -2.29. The highest BCUT2D eigenvalue weighted by Crippen LogP contribution is 2.42. The van der Waals surface area contributed by atoms with Crippen molar-refractivity contribution in [3.05, 3.63) is 58.3 Å². The Morgan fingerprint density at radius 3 is 2.76 bits per heavy atom. The molecule has 1 aliphatic carbocycles. The second-order valence-corrected chi connectivity index (χ2v) is 6.65. The fraction of sp³-hybridized carbons (Fsp3) is 0.300. The average molecular weight is 356 g/mol. The first-order valence-corrected chi connectivity index (χ1v) is 9.16. The zero-order valence-electron chi connectivity index (χ0n) is 14.2. The molecule has 0 aliphatic heterocycles. The molecule has 0 amide bonds. The number of hydrogen-bond acceptors (Lipinski definition) is 5. The average Bonchev–Trinajstić information content (AvgIpc) is 3.15. The molecule has 1 heterocycles. The molecule has 0 spiro atoms. The lowest BCUT2D eigenvalue weighted by molar-refractivity contribution is -0.151. The molecule has 0 saturated carbocycles. The zero-order valence-corrected chi connectivity index (χ0v) is 15.0. The molecule has 0 N–H and O–H groups in total. The van der Waals surface area contributed by atoms with Gasteiger partial charge in [0.15, 0.2) is 5.78 Å². The maximum Gasteiger partial charge on any atom is 0.317 e. The minimum atomic E-state index is -0.784. The van der Waals surface area contributed by atoms with Crippen LogP contribution in [0.15, 0.2) is 47.2 Å². The molecule has 0 bridgehead atoms. The summed E-state index contributed by atoms with van der Waals surface area (Å²) in [4.78, 5) is 25.2. The van der Waals surface area contributed by atoms with Crippen molar-refractivity contribution in [3.63, 3.8) is 0 Å². The Labute approximate surface area is 151 Å². The van der Waals surface area contributed by atoms with Gasteiger partial charge in [0.05, 0.1) is 13.7 Å². The molecule has 1 aromatic heterocycles. The van der Waals surface area contributed by atoms with E-state index in [1.54, 1.807) is 31.4 Å². The van der Waals surface area contributed by atoms with Crippen molar-refractivity contribution in [1.82, 2.24) is 0 Å². The van der Waals surface area contributed by atoms with Gasteiger partial charge in [0.2, 0.25) is 0 Å². The van der Waals surface area contributed by atoms with Gasteiger partial charge in [-0.1, -0.05) is 18.2 Å². The smallest absolute Gasteiger partial charge is 0.317 e. The monoisotopic (exact) mass is 356 g/mol. The van der Waals surface area contributed by atoms with Crippen LogP contribution in [0.3, 0.4) is 0 Å². The van der Waals surface area contributed by atoms with Crippen LogP contribution in [-0.2, 0) is 14.3 Å². The highest BCUT2D eigenvalue weighted by atomic mass is 32.1. The van der Waals surface area contributed by atoms with Crippen LogP contribution in [0, 0.1) is 5.92 Å². The van der Waals surface area contributed by atoms with Crippen molar-refractivity contribution < 1.29 is 19.1 Å². The predicted molar refractivity (Wildman–Crippen MR) is 97.8 cm³/mol. The second-order valence-electron chi connectivity index (χ2n) is 5.87. The number of ketones is 1. The highest BCUT2D eigenvalue weighted by Gasteiger charge is 2.40. The largest absolute Gasteiger partial charge is 0.496 e.